The molecule has 0 saturated carbocycles. The first kappa shape index (κ1) is 12.7. The van der Waals surface area contributed by atoms with Crippen molar-refractivity contribution >= 4 is 11.0 Å². The first-order valence-corrected chi connectivity index (χ1v) is 7.41. The average Bonchev–Trinajstić information content (AvgIpc) is 2.76. The molecule has 3 heteroatoms. The van der Waals surface area contributed by atoms with Crippen molar-refractivity contribution in [3.63, 3.8) is 0 Å². The van der Waals surface area contributed by atoms with Crippen molar-refractivity contribution in [1.29, 1.82) is 0 Å². The van der Waals surface area contributed by atoms with Crippen molar-refractivity contribution in [2.75, 3.05) is 6.54 Å². The summed E-state index contributed by atoms with van der Waals surface area (Å²) in [7, 11) is 0. The molecule has 3 nitrogen and oxygen atoms in total. The molecular weight excluding hydrogens is 234 g/mol. The minimum Gasteiger partial charge on any atom is -0.327 e. The van der Waals surface area contributed by atoms with E-state index in [1.165, 1.54) is 29.7 Å². The van der Waals surface area contributed by atoms with Crippen LogP contribution in [0.5, 0.6) is 0 Å². The van der Waals surface area contributed by atoms with Crippen molar-refractivity contribution in [3.8, 4) is 0 Å². The number of aromatic nitrogens is 2. The number of fused-ring (bicyclic) bond motifs is 1. The largest absolute Gasteiger partial charge is 0.327 e. The fourth-order valence-electron chi connectivity index (χ4n) is 3.22. The Morgan fingerprint density at radius 1 is 1.42 bits per heavy atom. The highest BCUT2D eigenvalue weighted by Crippen LogP contribution is 2.30. The zero-order valence-corrected chi connectivity index (χ0v) is 12.1. The SMILES string of the molecule is CCn1c(C2NCCCC2C)nc2cc(C)ccc21. The number of hydrogen-bond acceptors (Lipinski definition) is 2. The van der Waals surface area contributed by atoms with E-state index in [1.54, 1.807) is 0 Å². The van der Waals surface area contributed by atoms with Crippen LogP contribution in [0.15, 0.2) is 18.2 Å². The molecule has 2 atom stereocenters. The third-order valence-corrected chi connectivity index (χ3v) is 4.30. The lowest BCUT2D eigenvalue weighted by Crippen LogP contribution is -2.34. The van der Waals surface area contributed by atoms with E-state index >= 15 is 0 Å². The van der Waals surface area contributed by atoms with Crippen molar-refractivity contribution in [2.24, 2.45) is 5.92 Å². The Balaban J connectivity index is 2.11. The van der Waals surface area contributed by atoms with Crippen LogP contribution in [0.4, 0.5) is 0 Å². The van der Waals surface area contributed by atoms with E-state index in [9.17, 15) is 0 Å². The van der Waals surface area contributed by atoms with Crippen LogP contribution in [0, 0.1) is 12.8 Å². The lowest BCUT2D eigenvalue weighted by atomic mass is 9.92. The summed E-state index contributed by atoms with van der Waals surface area (Å²) in [4.78, 5) is 4.92. The fraction of sp³-hybridized carbons (Fsp3) is 0.562. The summed E-state index contributed by atoms with van der Waals surface area (Å²) >= 11 is 0. The van der Waals surface area contributed by atoms with E-state index in [4.69, 9.17) is 4.98 Å². The number of nitrogens with one attached hydrogen (secondary N) is 1. The Morgan fingerprint density at radius 3 is 3.00 bits per heavy atom. The Kier molecular flexibility index (Phi) is 3.31. The topological polar surface area (TPSA) is 29.9 Å². The normalized spacial score (nSPS) is 23.9. The molecule has 2 unspecified atom stereocenters. The maximum absolute atomic E-state index is 4.92. The van der Waals surface area contributed by atoms with Crippen LogP contribution in [-0.2, 0) is 6.54 Å². The van der Waals surface area contributed by atoms with Gasteiger partial charge in [0.1, 0.15) is 5.82 Å². The van der Waals surface area contributed by atoms with E-state index in [0.29, 0.717) is 12.0 Å². The molecule has 2 heterocycles. The highest BCUT2D eigenvalue weighted by Gasteiger charge is 2.27. The van der Waals surface area contributed by atoms with Gasteiger partial charge in [0.05, 0.1) is 17.1 Å². The Hall–Kier alpha value is -1.35. The minimum absolute atomic E-state index is 0.404. The molecule has 0 radical (unpaired) electrons. The van der Waals surface area contributed by atoms with Gasteiger partial charge in [0.2, 0.25) is 0 Å². The molecule has 102 valence electrons. The van der Waals surface area contributed by atoms with Gasteiger partial charge in [-0.15, -0.1) is 0 Å². The monoisotopic (exact) mass is 257 g/mol. The van der Waals surface area contributed by atoms with Crippen LogP contribution >= 0.6 is 0 Å². The standard InChI is InChI=1S/C16H23N3/c1-4-19-14-8-7-11(2)10-13(14)18-16(19)15-12(3)6-5-9-17-15/h7-8,10,12,15,17H,4-6,9H2,1-3H3. The van der Waals surface area contributed by atoms with Crippen LogP contribution < -0.4 is 5.32 Å². The fourth-order valence-corrected chi connectivity index (χ4v) is 3.22. The minimum atomic E-state index is 0.404. The molecule has 0 spiro atoms. The van der Waals surface area contributed by atoms with Gasteiger partial charge in [-0.2, -0.15) is 0 Å². The van der Waals surface area contributed by atoms with Crippen molar-refractivity contribution < 1.29 is 0 Å². The van der Waals surface area contributed by atoms with Gasteiger partial charge in [-0.3, -0.25) is 0 Å². The van der Waals surface area contributed by atoms with Gasteiger partial charge in [-0.1, -0.05) is 13.0 Å². The summed E-state index contributed by atoms with van der Waals surface area (Å²) in [6.45, 7) is 8.77. The first-order chi connectivity index (χ1) is 9.20. The molecule has 1 aliphatic rings. The maximum atomic E-state index is 4.92. The molecule has 1 saturated heterocycles. The molecule has 0 aliphatic carbocycles. The van der Waals surface area contributed by atoms with E-state index < -0.39 is 0 Å². The van der Waals surface area contributed by atoms with Gasteiger partial charge >= 0.3 is 0 Å². The molecule has 0 amide bonds. The molecule has 19 heavy (non-hydrogen) atoms. The lowest BCUT2D eigenvalue weighted by Gasteiger charge is -2.29. The molecule has 1 N–H and O–H groups in total. The summed E-state index contributed by atoms with van der Waals surface area (Å²) in [5.41, 5.74) is 3.68. The van der Waals surface area contributed by atoms with Gasteiger partial charge in [0.25, 0.3) is 0 Å². The molecule has 1 aromatic heterocycles. The predicted octanol–water partition coefficient (Wildman–Crippen LogP) is 3.43. The summed E-state index contributed by atoms with van der Waals surface area (Å²) in [6.07, 6.45) is 2.58. The second-order valence-corrected chi connectivity index (χ2v) is 5.76. The summed E-state index contributed by atoms with van der Waals surface area (Å²) in [5.74, 6) is 1.88. The molecule has 1 fully saturated rings. The summed E-state index contributed by atoms with van der Waals surface area (Å²) in [5, 5.41) is 3.65. The molecule has 2 aromatic rings. The second kappa shape index (κ2) is 4.97. The summed E-state index contributed by atoms with van der Waals surface area (Å²) in [6, 6.07) is 6.98. The van der Waals surface area contributed by atoms with Crippen LogP contribution in [0.3, 0.4) is 0 Å². The maximum Gasteiger partial charge on any atom is 0.127 e. The van der Waals surface area contributed by atoms with E-state index in [-0.39, 0.29) is 0 Å². The number of benzene rings is 1. The van der Waals surface area contributed by atoms with Gasteiger partial charge in [-0.05, 0) is 56.8 Å². The van der Waals surface area contributed by atoms with E-state index in [1.807, 2.05) is 0 Å². The highest BCUT2D eigenvalue weighted by atomic mass is 15.1. The van der Waals surface area contributed by atoms with Gasteiger partial charge in [0.15, 0.2) is 0 Å². The smallest absolute Gasteiger partial charge is 0.127 e. The zero-order valence-electron chi connectivity index (χ0n) is 12.1. The highest BCUT2D eigenvalue weighted by molar-refractivity contribution is 5.77. The van der Waals surface area contributed by atoms with Crippen molar-refractivity contribution in [2.45, 2.75) is 46.2 Å². The number of piperidine rings is 1. The van der Waals surface area contributed by atoms with Crippen molar-refractivity contribution in [3.05, 3.63) is 29.6 Å². The van der Waals surface area contributed by atoms with Crippen LogP contribution in [0.2, 0.25) is 0 Å². The molecule has 3 rings (SSSR count). The third-order valence-electron chi connectivity index (χ3n) is 4.30. The second-order valence-electron chi connectivity index (χ2n) is 5.76. The number of nitrogens with zero attached hydrogens (tertiary/aromatic N) is 2. The Bertz CT molecular complexity index is 585. The average molecular weight is 257 g/mol. The van der Waals surface area contributed by atoms with Crippen molar-refractivity contribution in [1.82, 2.24) is 14.9 Å². The Labute approximate surface area is 115 Å². The number of hydrogen-bond donors (Lipinski definition) is 1. The Morgan fingerprint density at radius 2 is 2.26 bits per heavy atom. The van der Waals surface area contributed by atoms with E-state index in [0.717, 1.165) is 18.6 Å². The van der Waals surface area contributed by atoms with Crippen LogP contribution in [-0.4, -0.2) is 16.1 Å². The summed E-state index contributed by atoms with van der Waals surface area (Å²) < 4.78 is 2.37. The lowest BCUT2D eigenvalue weighted by molar-refractivity contribution is 0.289. The van der Waals surface area contributed by atoms with Crippen LogP contribution in [0.25, 0.3) is 11.0 Å². The van der Waals surface area contributed by atoms with E-state index in [2.05, 4.69) is 48.9 Å². The first-order valence-electron chi connectivity index (χ1n) is 7.41. The number of imidazole rings is 1. The quantitative estimate of drug-likeness (QED) is 0.893. The number of aryl methyl sites for hydroxylation is 2. The third kappa shape index (κ3) is 2.16. The zero-order chi connectivity index (χ0) is 13.4. The van der Waals surface area contributed by atoms with Crippen LogP contribution in [0.1, 0.15) is 44.1 Å². The van der Waals surface area contributed by atoms with Gasteiger partial charge < -0.3 is 9.88 Å². The molecule has 0 bridgehead atoms. The molecule has 1 aromatic carbocycles. The van der Waals surface area contributed by atoms with Gasteiger partial charge in [0, 0.05) is 6.54 Å². The molecular formula is C16H23N3. The van der Waals surface area contributed by atoms with Gasteiger partial charge in [-0.25, -0.2) is 4.98 Å². The molecule has 1 aliphatic heterocycles. The number of rotatable bonds is 2. The predicted molar refractivity (Wildman–Crippen MR) is 79.3 cm³/mol.